The van der Waals surface area contributed by atoms with Crippen molar-refractivity contribution in [3.63, 3.8) is 0 Å². The zero-order valence-electron chi connectivity index (χ0n) is 12.4. The summed E-state index contributed by atoms with van der Waals surface area (Å²) in [7, 11) is 0. The van der Waals surface area contributed by atoms with Crippen LogP contribution in [0.3, 0.4) is 0 Å². The monoisotopic (exact) mass is 293 g/mol. The van der Waals surface area contributed by atoms with Gasteiger partial charge in [0.05, 0.1) is 6.61 Å². The van der Waals surface area contributed by atoms with Gasteiger partial charge in [0.25, 0.3) is 0 Å². The number of esters is 1. The van der Waals surface area contributed by atoms with E-state index in [1.54, 1.807) is 13.0 Å². The molecular formula is C16H23NO4. The number of carbonyl (C=O) groups is 1. The number of rotatable bonds is 5. The van der Waals surface area contributed by atoms with Crippen molar-refractivity contribution in [1.82, 2.24) is 0 Å². The van der Waals surface area contributed by atoms with E-state index in [9.17, 15) is 15.0 Å². The van der Waals surface area contributed by atoms with E-state index in [0.717, 1.165) is 31.6 Å². The van der Waals surface area contributed by atoms with Crippen molar-refractivity contribution in [2.75, 3.05) is 24.6 Å². The van der Waals surface area contributed by atoms with Crippen LogP contribution in [0, 0.1) is 0 Å². The van der Waals surface area contributed by atoms with Gasteiger partial charge in [-0.15, -0.1) is 0 Å². The van der Waals surface area contributed by atoms with Gasteiger partial charge in [-0.3, -0.25) is 0 Å². The van der Waals surface area contributed by atoms with Crippen LogP contribution in [0.5, 0.6) is 0 Å². The van der Waals surface area contributed by atoms with E-state index in [-0.39, 0.29) is 6.61 Å². The van der Waals surface area contributed by atoms with Crippen molar-refractivity contribution < 1.29 is 19.7 Å². The number of aliphatic hydroxyl groups is 2. The zero-order chi connectivity index (χ0) is 15.2. The van der Waals surface area contributed by atoms with Gasteiger partial charge >= 0.3 is 5.97 Å². The molecule has 1 aromatic carbocycles. The van der Waals surface area contributed by atoms with Crippen LogP contribution in [-0.4, -0.2) is 42.0 Å². The largest absolute Gasteiger partial charge is 0.464 e. The molecular weight excluding hydrogens is 270 g/mol. The zero-order valence-corrected chi connectivity index (χ0v) is 12.4. The smallest absolute Gasteiger partial charge is 0.338 e. The van der Waals surface area contributed by atoms with E-state index in [4.69, 9.17) is 4.74 Å². The second-order valence-electron chi connectivity index (χ2n) is 5.28. The maximum atomic E-state index is 11.5. The molecule has 1 fully saturated rings. The average Bonchev–Trinajstić information content (AvgIpc) is 2.54. The van der Waals surface area contributed by atoms with Gasteiger partial charge < -0.3 is 19.8 Å². The van der Waals surface area contributed by atoms with Gasteiger partial charge in [0.15, 0.2) is 6.10 Å². The Kier molecular flexibility index (Phi) is 5.59. The molecule has 1 heterocycles. The van der Waals surface area contributed by atoms with Gasteiger partial charge in [-0.2, -0.15) is 0 Å². The Hall–Kier alpha value is -1.59. The summed E-state index contributed by atoms with van der Waals surface area (Å²) in [6.07, 6.45) is 0.756. The summed E-state index contributed by atoms with van der Waals surface area (Å²) < 4.78 is 4.73. The molecule has 0 aliphatic carbocycles. The molecule has 1 aliphatic heterocycles. The van der Waals surface area contributed by atoms with Gasteiger partial charge in [0.2, 0.25) is 0 Å². The molecule has 0 saturated carbocycles. The number of aliphatic hydroxyl groups excluding tert-OH is 2. The molecule has 2 unspecified atom stereocenters. The van der Waals surface area contributed by atoms with E-state index >= 15 is 0 Å². The summed E-state index contributed by atoms with van der Waals surface area (Å²) in [4.78, 5) is 13.8. The number of hydrogen-bond acceptors (Lipinski definition) is 5. The number of anilines is 1. The molecule has 0 spiro atoms. The summed E-state index contributed by atoms with van der Waals surface area (Å²) in [6, 6.07) is 7.36. The van der Waals surface area contributed by atoms with Crippen LogP contribution in [0.15, 0.2) is 24.3 Å². The molecule has 5 nitrogen and oxygen atoms in total. The van der Waals surface area contributed by atoms with Crippen LogP contribution < -0.4 is 4.90 Å². The first kappa shape index (κ1) is 15.8. The van der Waals surface area contributed by atoms with Crippen molar-refractivity contribution in [3.8, 4) is 0 Å². The highest BCUT2D eigenvalue weighted by Gasteiger charge is 2.27. The van der Waals surface area contributed by atoms with Crippen LogP contribution in [0.25, 0.3) is 0 Å². The van der Waals surface area contributed by atoms with Crippen LogP contribution in [0.4, 0.5) is 5.69 Å². The highest BCUT2D eigenvalue weighted by molar-refractivity contribution is 5.75. The molecule has 21 heavy (non-hydrogen) atoms. The fourth-order valence-corrected chi connectivity index (χ4v) is 2.60. The van der Waals surface area contributed by atoms with Crippen molar-refractivity contribution in [2.45, 2.75) is 38.4 Å². The van der Waals surface area contributed by atoms with Gasteiger partial charge in [-0.1, -0.05) is 12.1 Å². The number of hydrogen-bond donors (Lipinski definition) is 2. The number of nitrogens with zero attached hydrogens (tertiary/aromatic N) is 1. The quantitative estimate of drug-likeness (QED) is 0.808. The van der Waals surface area contributed by atoms with E-state index in [2.05, 4.69) is 4.90 Å². The highest BCUT2D eigenvalue weighted by Crippen LogP contribution is 2.25. The van der Waals surface area contributed by atoms with Crippen molar-refractivity contribution in [2.24, 2.45) is 0 Å². The Labute approximate surface area is 125 Å². The Morgan fingerprint density at radius 2 is 2.00 bits per heavy atom. The summed E-state index contributed by atoms with van der Waals surface area (Å²) in [6.45, 7) is 3.84. The number of carbonyl (C=O) groups excluding carboxylic acids is 1. The van der Waals surface area contributed by atoms with Crippen molar-refractivity contribution >= 4 is 11.7 Å². The normalized spacial score (nSPS) is 18.1. The van der Waals surface area contributed by atoms with E-state index in [0.29, 0.717) is 5.56 Å². The lowest BCUT2D eigenvalue weighted by Crippen LogP contribution is -2.31. The maximum Gasteiger partial charge on any atom is 0.338 e. The minimum atomic E-state index is -1.55. The fourth-order valence-electron chi connectivity index (χ4n) is 2.60. The molecule has 116 valence electrons. The Balaban J connectivity index is 2.10. The summed E-state index contributed by atoms with van der Waals surface area (Å²) in [5, 5.41) is 20.0. The Morgan fingerprint density at radius 1 is 1.29 bits per heavy atom. The molecule has 2 atom stereocenters. The van der Waals surface area contributed by atoms with Crippen LogP contribution in [0.1, 0.15) is 37.9 Å². The number of benzene rings is 1. The third-order valence-corrected chi connectivity index (χ3v) is 3.76. The Morgan fingerprint density at radius 3 is 2.67 bits per heavy atom. The summed E-state index contributed by atoms with van der Waals surface area (Å²) >= 11 is 0. The standard InChI is InChI=1S/C16H23NO4/c1-2-21-16(20)15(19)14(18)12-7-6-8-13(11-12)17-9-4-3-5-10-17/h6-8,11,14-15,18-19H,2-5,9-10H2,1H3. The molecule has 0 amide bonds. The lowest BCUT2D eigenvalue weighted by atomic mass is 10.0. The van der Waals surface area contributed by atoms with E-state index in [1.165, 1.54) is 6.42 Å². The van der Waals surface area contributed by atoms with Crippen LogP contribution >= 0.6 is 0 Å². The molecule has 2 N–H and O–H groups in total. The van der Waals surface area contributed by atoms with E-state index < -0.39 is 18.2 Å². The topological polar surface area (TPSA) is 70.0 Å². The number of ether oxygens (including phenoxy) is 1. The third kappa shape index (κ3) is 3.95. The average molecular weight is 293 g/mol. The first-order valence-electron chi connectivity index (χ1n) is 7.51. The molecule has 0 radical (unpaired) electrons. The Bertz CT molecular complexity index is 471. The molecule has 0 bridgehead atoms. The number of piperidine rings is 1. The van der Waals surface area contributed by atoms with Gasteiger partial charge in [-0.05, 0) is 43.9 Å². The lowest BCUT2D eigenvalue weighted by Gasteiger charge is -2.29. The van der Waals surface area contributed by atoms with Gasteiger partial charge in [-0.25, -0.2) is 4.79 Å². The maximum absolute atomic E-state index is 11.5. The molecule has 5 heteroatoms. The van der Waals surface area contributed by atoms with Gasteiger partial charge in [0.1, 0.15) is 6.10 Å². The summed E-state index contributed by atoms with van der Waals surface area (Å²) in [5.41, 5.74) is 1.54. The molecule has 2 rings (SSSR count). The van der Waals surface area contributed by atoms with Gasteiger partial charge in [0, 0.05) is 18.8 Å². The molecule has 1 aliphatic rings. The van der Waals surface area contributed by atoms with Crippen molar-refractivity contribution in [1.29, 1.82) is 0 Å². The minimum absolute atomic E-state index is 0.177. The first-order chi connectivity index (χ1) is 10.1. The van der Waals surface area contributed by atoms with Crippen LogP contribution in [0.2, 0.25) is 0 Å². The molecule has 1 saturated heterocycles. The van der Waals surface area contributed by atoms with Crippen molar-refractivity contribution in [3.05, 3.63) is 29.8 Å². The lowest BCUT2D eigenvalue weighted by molar-refractivity contribution is -0.159. The predicted molar refractivity (Wildman–Crippen MR) is 80.1 cm³/mol. The second-order valence-corrected chi connectivity index (χ2v) is 5.28. The van der Waals surface area contributed by atoms with Crippen LogP contribution in [-0.2, 0) is 9.53 Å². The van der Waals surface area contributed by atoms with E-state index in [1.807, 2.05) is 18.2 Å². The molecule has 1 aromatic rings. The third-order valence-electron chi connectivity index (χ3n) is 3.76. The molecule has 0 aromatic heterocycles. The first-order valence-corrected chi connectivity index (χ1v) is 7.51. The highest BCUT2D eigenvalue weighted by atomic mass is 16.5. The fraction of sp³-hybridized carbons (Fsp3) is 0.562. The summed E-state index contributed by atoms with van der Waals surface area (Å²) in [5.74, 6) is -0.798. The minimum Gasteiger partial charge on any atom is -0.464 e. The second kappa shape index (κ2) is 7.43. The predicted octanol–water partition coefficient (Wildman–Crippen LogP) is 1.63. The SMILES string of the molecule is CCOC(=O)C(O)C(O)c1cccc(N2CCCCC2)c1.